The Bertz CT molecular complexity index is 1080. The summed E-state index contributed by atoms with van der Waals surface area (Å²) in [7, 11) is 0. The second kappa shape index (κ2) is 9.16. The lowest BCUT2D eigenvalue weighted by atomic mass is 10.1. The quantitative estimate of drug-likeness (QED) is 0.388. The van der Waals surface area contributed by atoms with E-state index in [1.165, 1.54) is 5.56 Å². The zero-order chi connectivity index (χ0) is 20.1. The van der Waals surface area contributed by atoms with Crippen LogP contribution in [0, 0.1) is 0 Å². The van der Waals surface area contributed by atoms with Gasteiger partial charge < -0.3 is 5.11 Å². The fourth-order valence-electron chi connectivity index (χ4n) is 3.09. The van der Waals surface area contributed by atoms with E-state index in [9.17, 15) is 5.11 Å². The minimum absolute atomic E-state index is 0.315. The normalized spacial score (nSPS) is 10.9. The van der Waals surface area contributed by atoms with Crippen molar-refractivity contribution >= 4 is 23.4 Å². The van der Waals surface area contributed by atoms with Gasteiger partial charge in [-0.05, 0) is 47.9 Å². The number of thioether (sulfide) groups is 1. The molecular weight excluding hydrogens is 402 g/mol. The Morgan fingerprint density at radius 2 is 1.55 bits per heavy atom. The van der Waals surface area contributed by atoms with Gasteiger partial charge in [0, 0.05) is 22.9 Å². The largest absolute Gasteiger partial charge is 0.508 e. The standard InChI is InChI=1S/C23H20ClN3OS/c24-19-13-10-17(11-14-19)16-29-23-26-25-22(27(23)20-7-2-1-3-8-20)15-12-18-6-4-5-9-21(18)28/h1-11,13-14,28H,12,15-16H2. The van der Waals surface area contributed by atoms with Crippen molar-refractivity contribution in [3.05, 3.63) is 101 Å². The molecule has 1 aromatic heterocycles. The van der Waals surface area contributed by atoms with E-state index < -0.39 is 0 Å². The van der Waals surface area contributed by atoms with Crippen molar-refractivity contribution in [1.82, 2.24) is 14.8 Å². The number of rotatable bonds is 7. The first-order valence-corrected chi connectivity index (χ1v) is 10.7. The molecule has 0 bridgehead atoms. The van der Waals surface area contributed by atoms with Crippen LogP contribution in [0.4, 0.5) is 0 Å². The van der Waals surface area contributed by atoms with Gasteiger partial charge in [0.2, 0.25) is 0 Å². The van der Waals surface area contributed by atoms with Crippen molar-refractivity contribution in [2.75, 3.05) is 0 Å². The molecule has 0 unspecified atom stereocenters. The Hall–Kier alpha value is -2.76. The van der Waals surface area contributed by atoms with Gasteiger partial charge in [0.1, 0.15) is 11.6 Å². The number of aromatic nitrogens is 3. The van der Waals surface area contributed by atoms with Gasteiger partial charge in [-0.1, -0.05) is 71.9 Å². The summed E-state index contributed by atoms with van der Waals surface area (Å²) in [5.41, 5.74) is 3.12. The highest BCUT2D eigenvalue weighted by molar-refractivity contribution is 7.98. The van der Waals surface area contributed by atoms with Crippen LogP contribution in [-0.2, 0) is 18.6 Å². The summed E-state index contributed by atoms with van der Waals surface area (Å²) in [5, 5.41) is 20.5. The molecule has 0 aliphatic carbocycles. The Balaban J connectivity index is 1.58. The van der Waals surface area contributed by atoms with Gasteiger partial charge in [-0.25, -0.2) is 0 Å². The summed E-state index contributed by atoms with van der Waals surface area (Å²) in [6, 6.07) is 25.4. The lowest BCUT2D eigenvalue weighted by Crippen LogP contribution is -2.04. The van der Waals surface area contributed by atoms with E-state index >= 15 is 0 Å². The highest BCUT2D eigenvalue weighted by Crippen LogP contribution is 2.27. The zero-order valence-corrected chi connectivity index (χ0v) is 17.3. The molecule has 4 aromatic rings. The lowest BCUT2D eigenvalue weighted by Gasteiger charge is -2.11. The van der Waals surface area contributed by atoms with Crippen LogP contribution in [0.3, 0.4) is 0 Å². The predicted octanol–water partition coefficient (Wildman–Crippen LogP) is 5.70. The molecule has 1 N–H and O–H groups in total. The molecule has 6 heteroatoms. The summed E-state index contributed by atoms with van der Waals surface area (Å²) in [6.45, 7) is 0. The summed E-state index contributed by atoms with van der Waals surface area (Å²) < 4.78 is 2.10. The summed E-state index contributed by atoms with van der Waals surface area (Å²) in [6.07, 6.45) is 1.38. The number of para-hydroxylation sites is 2. The molecule has 0 atom stereocenters. The summed E-state index contributed by atoms with van der Waals surface area (Å²) in [4.78, 5) is 0. The van der Waals surface area contributed by atoms with Crippen molar-refractivity contribution in [2.24, 2.45) is 0 Å². The number of nitrogens with zero attached hydrogens (tertiary/aromatic N) is 3. The second-order valence-corrected chi connectivity index (χ2v) is 7.99. The first-order chi connectivity index (χ1) is 14.2. The number of phenolic OH excluding ortho intramolecular Hbond substituents is 1. The fourth-order valence-corrected chi connectivity index (χ4v) is 4.14. The Morgan fingerprint density at radius 3 is 2.31 bits per heavy atom. The highest BCUT2D eigenvalue weighted by Gasteiger charge is 2.15. The number of halogens is 1. The van der Waals surface area contributed by atoms with Crippen LogP contribution >= 0.6 is 23.4 Å². The minimum atomic E-state index is 0.315. The van der Waals surface area contributed by atoms with Crippen molar-refractivity contribution in [3.8, 4) is 11.4 Å². The molecule has 146 valence electrons. The van der Waals surface area contributed by atoms with Gasteiger partial charge >= 0.3 is 0 Å². The molecule has 1 heterocycles. The van der Waals surface area contributed by atoms with Crippen LogP contribution in [0.15, 0.2) is 84.0 Å². The molecule has 0 aliphatic rings. The van der Waals surface area contributed by atoms with Crippen LogP contribution in [0.1, 0.15) is 17.0 Å². The number of hydrogen-bond acceptors (Lipinski definition) is 4. The van der Waals surface area contributed by atoms with Gasteiger partial charge in [-0.2, -0.15) is 0 Å². The van der Waals surface area contributed by atoms with Gasteiger partial charge in [0.05, 0.1) is 0 Å². The minimum Gasteiger partial charge on any atom is -0.508 e. The van der Waals surface area contributed by atoms with E-state index in [1.54, 1.807) is 17.8 Å². The number of phenols is 1. The van der Waals surface area contributed by atoms with Crippen molar-refractivity contribution in [1.29, 1.82) is 0 Å². The molecule has 0 amide bonds. The molecule has 0 aliphatic heterocycles. The number of aromatic hydroxyl groups is 1. The van der Waals surface area contributed by atoms with Crippen LogP contribution < -0.4 is 0 Å². The highest BCUT2D eigenvalue weighted by atomic mass is 35.5. The molecule has 4 nitrogen and oxygen atoms in total. The van der Waals surface area contributed by atoms with Crippen LogP contribution in [0.25, 0.3) is 5.69 Å². The lowest BCUT2D eigenvalue weighted by molar-refractivity contribution is 0.467. The van der Waals surface area contributed by atoms with Crippen molar-refractivity contribution in [3.63, 3.8) is 0 Å². The van der Waals surface area contributed by atoms with E-state index in [-0.39, 0.29) is 0 Å². The molecule has 0 fully saturated rings. The summed E-state index contributed by atoms with van der Waals surface area (Å²) >= 11 is 7.63. The van der Waals surface area contributed by atoms with E-state index in [0.29, 0.717) is 18.6 Å². The van der Waals surface area contributed by atoms with Crippen LogP contribution in [0.2, 0.25) is 5.02 Å². The monoisotopic (exact) mass is 421 g/mol. The average molecular weight is 422 g/mol. The summed E-state index contributed by atoms with van der Waals surface area (Å²) in [5.74, 6) is 1.97. The third-order valence-corrected chi connectivity index (χ3v) is 5.86. The number of hydrogen-bond donors (Lipinski definition) is 1. The Labute approximate surface area is 179 Å². The maximum Gasteiger partial charge on any atom is 0.196 e. The third kappa shape index (κ3) is 4.81. The SMILES string of the molecule is Oc1ccccc1CCc1nnc(SCc2ccc(Cl)cc2)n1-c1ccccc1. The maximum absolute atomic E-state index is 10.1. The first kappa shape index (κ1) is 19.6. The van der Waals surface area contributed by atoms with Crippen molar-refractivity contribution in [2.45, 2.75) is 23.8 Å². The van der Waals surface area contributed by atoms with E-state index in [2.05, 4.69) is 26.9 Å². The molecule has 29 heavy (non-hydrogen) atoms. The number of aryl methyl sites for hydroxylation is 2. The molecule has 0 saturated carbocycles. The maximum atomic E-state index is 10.1. The topological polar surface area (TPSA) is 50.9 Å². The molecule has 0 saturated heterocycles. The Kier molecular flexibility index (Phi) is 6.17. The van der Waals surface area contributed by atoms with E-state index in [0.717, 1.165) is 33.0 Å². The molecule has 3 aromatic carbocycles. The number of benzene rings is 3. The fraction of sp³-hybridized carbons (Fsp3) is 0.130. The first-order valence-electron chi connectivity index (χ1n) is 9.34. The van der Waals surface area contributed by atoms with Crippen molar-refractivity contribution < 1.29 is 5.11 Å². The van der Waals surface area contributed by atoms with Gasteiger partial charge in [-0.15, -0.1) is 10.2 Å². The Morgan fingerprint density at radius 1 is 0.828 bits per heavy atom. The second-order valence-electron chi connectivity index (χ2n) is 6.61. The van der Waals surface area contributed by atoms with Crippen LogP contribution in [0.5, 0.6) is 5.75 Å². The third-order valence-electron chi connectivity index (χ3n) is 4.61. The molecular formula is C23H20ClN3OS. The predicted molar refractivity (Wildman–Crippen MR) is 118 cm³/mol. The van der Waals surface area contributed by atoms with Gasteiger partial charge in [-0.3, -0.25) is 4.57 Å². The molecule has 0 spiro atoms. The van der Waals surface area contributed by atoms with Crippen LogP contribution in [-0.4, -0.2) is 19.9 Å². The van der Waals surface area contributed by atoms with Gasteiger partial charge in [0.25, 0.3) is 0 Å². The molecule has 4 rings (SSSR count). The smallest absolute Gasteiger partial charge is 0.196 e. The molecule has 0 radical (unpaired) electrons. The van der Waals surface area contributed by atoms with E-state index in [1.807, 2.05) is 60.7 Å². The average Bonchev–Trinajstić information content (AvgIpc) is 3.16. The zero-order valence-electron chi connectivity index (χ0n) is 15.7. The van der Waals surface area contributed by atoms with E-state index in [4.69, 9.17) is 11.6 Å². The van der Waals surface area contributed by atoms with Gasteiger partial charge in [0.15, 0.2) is 5.16 Å².